The highest BCUT2D eigenvalue weighted by Crippen LogP contribution is 2.35. The molecule has 3 nitrogen and oxygen atoms in total. The number of fused-ring (bicyclic) bond motifs is 9. The van der Waals surface area contributed by atoms with Crippen molar-refractivity contribution in [1.82, 2.24) is 13.7 Å². The molecule has 0 atom stereocenters. The predicted octanol–water partition coefficient (Wildman–Crippen LogP) is 13.5. The van der Waals surface area contributed by atoms with Crippen molar-refractivity contribution in [2.45, 2.75) is 59.5 Å². The summed E-state index contributed by atoms with van der Waals surface area (Å²) >= 11 is 0. The van der Waals surface area contributed by atoms with E-state index in [1.165, 1.54) is 87.8 Å². The Morgan fingerprint density at radius 2 is 0.722 bits per heavy atom. The molecule has 3 heteroatoms. The summed E-state index contributed by atoms with van der Waals surface area (Å²) in [6.07, 6.45) is 4.19. The van der Waals surface area contributed by atoms with Gasteiger partial charge in [-0.2, -0.15) is 0 Å². The van der Waals surface area contributed by atoms with Crippen LogP contribution in [0.2, 0.25) is 0 Å². The maximum atomic E-state index is 2.50. The highest BCUT2D eigenvalue weighted by Gasteiger charge is 2.16. The van der Waals surface area contributed by atoms with E-state index in [2.05, 4.69) is 178 Å². The van der Waals surface area contributed by atoms with Crippen LogP contribution in [0.3, 0.4) is 0 Å². The molecule has 10 rings (SSSR count). The van der Waals surface area contributed by atoms with Crippen LogP contribution in [-0.4, -0.2) is 13.7 Å². The Balaban J connectivity index is 0.00000189. The Bertz CT molecular complexity index is 2630. The maximum Gasteiger partial charge on any atom is 0.0541 e. The molecule has 0 saturated heterocycles. The molecule has 0 aliphatic rings. The molecular weight excluding hydrogens is 655 g/mol. The van der Waals surface area contributed by atoms with Crippen LogP contribution in [0, 0.1) is 0 Å². The van der Waals surface area contributed by atoms with Crippen molar-refractivity contribution in [3.05, 3.63) is 174 Å². The Kier molecular flexibility index (Phi) is 9.00. The fourth-order valence-electron chi connectivity index (χ4n) is 8.78. The van der Waals surface area contributed by atoms with Gasteiger partial charge in [0.1, 0.15) is 0 Å². The number of nitrogens with zero attached hydrogens (tertiary/aromatic N) is 3. The van der Waals surface area contributed by atoms with E-state index in [4.69, 9.17) is 0 Å². The zero-order chi connectivity index (χ0) is 36.6. The molecule has 3 aromatic heterocycles. The van der Waals surface area contributed by atoms with E-state index >= 15 is 0 Å². The second-order valence-electron chi connectivity index (χ2n) is 14.3. The molecule has 0 aliphatic heterocycles. The number of hydrogen-bond donors (Lipinski definition) is 0. The number of aryl methyl sites for hydroxylation is 5. The van der Waals surface area contributed by atoms with Crippen molar-refractivity contribution in [2.24, 2.45) is 0 Å². The topological polar surface area (TPSA) is 14.8 Å². The highest BCUT2D eigenvalue weighted by molar-refractivity contribution is 6.10. The lowest BCUT2D eigenvalue weighted by molar-refractivity contribution is 0.745. The lowest BCUT2D eigenvalue weighted by atomic mass is 10.0. The summed E-state index contributed by atoms with van der Waals surface area (Å²) in [5, 5.41) is 7.96. The van der Waals surface area contributed by atoms with Gasteiger partial charge in [-0.3, -0.25) is 0 Å². The first kappa shape index (κ1) is 33.8. The van der Waals surface area contributed by atoms with Gasteiger partial charge in [0, 0.05) is 73.2 Å². The SMILES string of the molecule is CC.CCCc1ccc(-n2c3ccc(CCn4c5ccccc5c5ccccc54)cc3c3cc(CCn4c5ccccc5c5ccccc54)ccc32)cc1. The van der Waals surface area contributed by atoms with Crippen molar-refractivity contribution in [1.29, 1.82) is 0 Å². The monoisotopic (exact) mass is 701 g/mol. The first-order chi connectivity index (χ1) is 26.7. The van der Waals surface area contributed by atoms with Gasteiger partial charge >= 0.3 is 0 Å². The number of para-hydroxylation sites is 4. The maximum absolute atomic E-state index is 2.50. The first-order valence-electron chi connectivity index (χ1n) is 19.8. The average Bonchev–Trinajstić information content (AvgIpc) is 3.85. The minimum absolute atomic E-state index is 0.932. The Labute approximate surface area is 317 Å². The van der Waals surface area contributed by atoms with E-state index in [0.717, 1.165) is 38.8 Å². The summed E-state index contributed by atoms with van der Waals surface area (Å²) < 4.78 is 7.47. The second-order valence-corrected chi connectivity index (χ2v) is 14.3. The molecule has 7 aromatic carbocycles. The minimum Gasteiger partial charge on any atom is -0.340 e. The molecule has 3 heterocycles. The van der Waals surface area contributed by atoms with Crippen molar-refractivity contribution in [3.63, 3.8) is 0 Å². The molecule has 0 bridgehead atoms. The van der Waals surface area contributed by atoms with Gasteiger partial charge in [0.2, 0.25) is 0 Å². The molecule has 0 radical (unpaired) electrons. The fraction of sp³-hybridized carbons (Fsp3) is 0.176. The fourth-order valence-corrected chi connectivity index (χ4v) is 8.78. The lowest BCUT2D eigenvalue weighted by Crippen LogP contribution is -2.01. The number of rotatable bonds is 9. The molecule has 0 fully saturated rings. The predicted molar refractivity (Wildman–Crippen MR) is 232 cm³/mol. The summed E-state index contributed by atoms with van der Waals surface area (Å²) in [4.78, 5) is 0. The summed E-state index contributed by atoms with van der Waals surface area (Å²) in [7, 11) is 0. The van der Waals surface area contributed by atoms with Gasteiger partial charge in [-0.25, -0.2) is 0 Å². The van der Waals surface area contributed by atoms with Crippen molar-refractivity contribution >= 4 is 65.4 Å². The van der Waals surface area contributed by atoms with Gasteiger partial charge in [-0.05, 0) is 96.6 Å². The normalized spacial score (nSPS) is 11.7. The van der Waals surface area contributed by atoms with Gasteiger partial charge in [-0.1, -0.05) is 124 Å². The summed E-state index contributed by atoms with van der Waals surface area (Å²) in [6, 6.07) is 58.8. The highest BCUT2D eigenvalue weighted by atomic mass is 15.0. The van der Waals surface area contributed by atoms with Gasteiger partial charge in [-0.15, -0.1) is 0 Å². The third kappa shape index (κ3) is 5.76. The van der Waals surface area contributed by atoms with E-state index in [0.29, 0.717) is 0 Å². The third-order valence-electron chi connectivity index (χ3n) is 11.2. The van der Waals surface area contributed by atoms with Crippen molar-refractivity contribution in [2.75, 3.05) is 0 Å². The molecule has 0 unspecified atom stereocenters. The van der Waals surface area contributed by atoms with Crippen LogP contribution < -0.4 is 0 Å². The lowest BCUT2D eigenvalue weighted by Gasteiger charge is -2.11. The first-order valence-corrected chi connectivity index (χ1v) is 19.8. The summed E-state index contributed by atoms with van der Waals surface area (Å²) in [5.74, 6) is 0. The van der Waals surface area contributed by atoms with Crippen LogP contribution in [-0.2, 0) is 32.4 Å². The Hall–Kier alpha value is -6.06. The van der Waals surface area contributed by atoms with Gasteiger partial charge in [0.25, 0.3) is 0 Å². The smallest absolute Gasteiger partial charge is 0.0541 e. The van der Waals surface area contributed by atoms with E-state index in [9.17, 15) is 0 Å². The number of hydrogen-bond acceptors (Lipinski definition) is 0. The standard InChI is InChI=1S/C49H41N3.C2H6/c1-2-11-34-20-24-37(25-21-34)52-48-26-22-35(28-30-50-44-16-7-3-12-38(44)39-13-4-8-17-45(39)50)32-42(48)43-33-36(23-27-49(43)52)29-31-51-46-18-9-5-14-40(46)41-15-6-10-19-47(41)51;1-2/h3-10,12-27,32-33H,2,11,28-31H2,1H3;1-2H3. The molecule has 0 amide bonds. The van der Waals surface area contributed by atoms with Gasteiger partial charge < -0.3 is 13.7 Å². The van der Waals surface area contributed by atoms with Crippen LogP contribution in [0.25, 0.3) is 71.1 Å². The summed E-state index contributed by atoms with van der Waals surface area (Å²) in [6.45, 7) is 8.11. The molecule has 0 saturated carbocycles. The largest absolute Gasteiger partial charge is 0.340 e. The zero-order valence-corrected chi connectivity index (χ0v) is 31.6. The van der Waals surface area contributed by atoms with Gasteiger partial charge in [0.05, 0.1) is 11.0 Å². The minimum atomic E-state index is 0.932. The van der Waals surface area contributed by atoms with Crippen molar-refractivity contribution < 1.29 is 0 Å². The summed E-state index contributed by atoms with van der Waals surface area (Å²) in [5.41, 5.74) is 13.1. The second kappa shape index (κ2) is 14.4. The van der Waals surface area contributed by atoms with E-state index in [-0.39, 0.29) is 0 Å². The van der Waals surface area contributed by atoms with Crippen LogP contribution in [0.5, 0.6) is 0 Å². The number of aromatic nitrogens is 3. The molecule has 0 N–H and O–H groups in total. The molecule has 0 spiro atoms. The van der Waals surface area contributed by atoms with Crippen molar-refractivity contribution in [3.8, 4) is 5.69 Å². The number of benzene rings is 7. The molecular formula is C51H47N3. The van der Waals surface area contributed by atoms with Crippen LogP contribution in [0.15, 0.2) is 158 Å². The molecule has 54 heavy (non-hydrogen) atoms. The van der Waals surface area contributed by atoms with Crippen LogP contribution >= 0.6 is 0 Å². The van der Waals surface area contributed by atoms with E-state index in [1.807, 2.05) is 13.8 Å². The Morgan fingerprint density at radius 3 is 1.11 bits per heavy atom. The molecule has 10 aromatic rings. The van der Waals surface area contributed by atoms with E-state index in [1.54, 1.807) is 0 Å². The van der Waals surface area contributed by atoms with Crippen LogP contribution in [0.1, 0.15) is 43.9 Å². The van der Waals surface area contributed by atoms with E-state index < -0.39 is 0 Å². The Morgan fingerprint density at radius 1 is 0.352 bits per heavy atom. The van der Waals surface area contributed by atoms with Gasteiger partial charge in [0.15, 0.2) is 0 Å². The molecule has 266 valence electrons. The quantitative estimate of drug-likeness (QED) is 0.142. The third-order valence-corrected chi connectivity index (χ3v) is 11.2. The molecule has 0 aliphatic carbocycles. The zero-order valence-electron chi connectivity index (χ0n) is 31.6. The van der Waals surface area contributed by atoms with Crippen LogP contribution in [0.4, 0.5) is 0 Å². The average molecular weight is 702 g/mol.